The molecular weight excluding hydrogens is 136 g/mol. The van der Waals surface area contributed by atoms with Crippen molar-refractivity contribution in [2.75, 3.05) is 6.54 Å². The fraction of sp³-hybridized carbons (Fsp3) is 0.600. The van der Waals surface area contributed by atoms with E-state index in [1.165, 1.54) is 6.92 Å². The molecule has 0 fully saturated rings. The van der Waals surface area contributed by atoms with E-state index in [0.29, 0.717) is 6.29 Å². The number of carbonyl (C=O) groups is 2. The van der Waals surface area contributed by atoms with Gasteiger partial charge in [0.25, 0.3) is 0 Å². The molecule has 10 heavy (non-hydrogen) atoms. The third-order valence-corrected chi connectivity index (χ3v) is 0.801. The zero-order valence-electron chi connectivity index (χ0n) is 5.53. The Morgan fingerprint density at radius 1 is 1.80 bits per heavy atom. The van der Waals surface area contributed by atoms with Gasteiger partial charge in [-0.1, -0.05) is 5.18 Å². The van der Waals surface area contributed by atoms with Crippen LogP contribution in [0.2, 0.25) is 0 Å². The van der Waals surface area contributed by atoms with Gasteiger partial charge in [-0.15, -0.1) is 0 Å². The summed E-state index contributed by atoms with van der Waals surface area (Å²) in [6.45, 7) is 1.08. The highest BCUT2D eigenvalue weighted by molar-refractivity contribution is 5.81. The topological polar surface area (TPSA) is 75.6 Å². The first kappa shape index (κ1) is 8.74. The van der Waals surface area contributed by atoms with Crippen LogP contribution in [0.4, 0.5) is 0 Å². The largest absolute Gasteiger partial charge is 0.345 e. The van der Waals surface area contributed by atoms with E-state index in [9.17, 15) is 14.5 Å². The van der Waals surface area contributed by atoms with E-state index in [1.54, 1.807) is 0 Å². The highest BCUT2D eigenvalue weighted by Gasteiger charge is 2.03. The minimum Gasteiger partial charge on any atom is -0.345 e. The van der Waals surface area contributed by atoms with Crippen molar-refractivity contribution in [2.24, 2.45) is 5.18 Å². The molecule has 0 bridgehead atoms. The second-order valence-corrected chi connectivity index (χ2v) is 1.78. The molecule has 0 aromatic heterocycles. The molecule has 0 aromatic carbocycles. The molecule has 0 aliphatic rings. The Morgan fingerprint density at radius 3 is 2.80 bits per heavy atom. The molecule has 1 amide bonds. The molecule has 1 N–H and O–H groups in total. The van der Waals surface area contributed by atoms with Crippen LogP contribution in [-0.4, -0.2) is 24.8 Å². The van der Waals surface area contributed by atoms with Gasteiger partial charge < -0.3 is 10.1 Å². The van der Waals surface area contributed by atoms with E-state index in [4.69, 9.17) is 0 Å². The molecule has 0 heterocycles. The molecule has 0 saturated heterocycles. The van der Waals surface area contributed by atoms with E-state index in [1.807, 2.05) is 0 Å². The Morgan fingerprint density at radius 2 is 2.40 bits per heavy atom. The molecule has 0 rings (SSSR count). The molecular formula is C5H8N2O3. The molecule has 0 aliphatic carbocycles. The fourth-order valence-corrected chi connectivity index (χ4v) is 0.392. The van der Waals surface area contributed by atoms with Gasteiger partial charge in [-0.25, -0.2) is 0 Å². The van der Waals surface area contributed by atoms with E-state index in [-0.39, 0.29) is 0 Å². The summed E-state index contributed by atoms with van der Waals surface area (Å²) >= 11 is 0. The second-order valence-electron chi connectivity index (χ2n) is 1.78. The van der Waals surface area contributed by atoms with Gasteiger partial charge in [-0.05, 0) is 6.92 Å². The van der Waals surface area contributed by atoms with Crippen LogP contribution >= 0.6 is 0 Å². The molecule has 56 valence electrons. The Labute approximate surface area is 57.8 Å². The van der Waals surface area contributed by atoms with Crippen molar-refractivity contribution in [3.05, 3.63) is 4.91 Å². The van der Waals surface area contributed by atoms with Crippen molar-refractivity contribution >= 4 is 12.2 Å². The van der Waals surface area contributed by atoms with Gasteiger partial charge in [-0.2, -0.15) is 4.91 Å². The van der Waals surface area contributed by atoms with E-state index < -0.39 is 18.5 Å². The van der Waals surface area contributed by atoms with Gasteiger partial charge in [0.05, 0.1) is 6.04 Å². The van der Waals surface area contributed by atoms with Crippen molar-refractivity contribution in [1.82, 2.24) is 5.32 Å². The zero-order valence-corrected chi connectivity index (χ0v) is 5.53. The normalized spacial score (nSPS) is 11.7. The highest BCUT2D eigenvalue weighted by atomic mass is 16.3. The lowest BCUT2D eigenvalue weighted by Crippen LogP contribution is -2.34. The first-order valence-electron chi connectivity index (χ1n) is 2.74. The number of nitrogens with zero attached hydrogens (tertiary/aromatic N) is 1. The van der Waals surface area contributed by atoms with Gasteiger partial charge in [0, 0.05) is 0 Å². The molecule has 1 unspecified atom stereocenters. The third kappa shape index (κ3) is 3.71. The SMILES string of the molecule is CC(C=O)NC(=O)CN=O. The maximum atomic E-state index is 10.4. The monoisotopic (exact) mass is 144 g/mol. The summed E-state index contributed by atoms with van der Waals surface area (Å²) in [5, 5.41) is 4.57. The van der Waals surface area contributed by atoms with Gasteiger partial charge >= 0.3 is 0 Å². The second kappa shape index (κ2) is 4.60. The van der Waals surface area contributed by atoms with Crippen LogP contribution in [0.3, 0.4) is 0 Å². The van der Waals surface area contributed by atoms with Crippen LogP contribution in [0.5, 0.6) is 0 Å². The summed E-state index contributed by atoms with van der Waals surface area (Å²) in [7, 11) is 0. The lowest BCUT2D eigenvalue weighted by atomic mass is 10.4. The van der Waals surface area contributed by atoms with Crippen LogP contribution in [0.25, 0.3) is 0 Å². The smallest absolute Gasteiger partial charge is 0.245 e. The molecule has 5 nitrogen and oxygen atoms in total. The van der Waals surface area contributed by atoms with Crippen molar-refractivity contribution in [2.45, 2.75) is 13.0 Å². The van der Waals surface area contributed by atoms with E-state index in [2.05, 4.69) is 10.5 Å². The quantitative estimate of drug-likeness (QED) is 0.425. The highest BCUT2D eigenvalue weighted by Crippen LogP contribution is 1.75. The van der Waals surface area contributed by atoms with Crippen LogP contribution in [0.1, 0.15) is 6.92 Å². The number of nitrogens with one attached hydrogen (secondary N) is 1. The number of carbonyl (C=O) groups excluding carboxylic acids is 2. The predicted molar refractivity (Wildman–Crippen MR) is 34.3 cm³/mol. The maximum Gasteiger partial charge on any atom is 0.245 e. The van der Waals surface area contributed by atoms with Crippen molar-refractivity contribution in [1.29, 1.82) is 0 Å². The summed E-state index contributed by atoms with van der Waals surface area (Å²) in [6, 6.07) is -0.547. The zero-order chi connectivity index (χ0) is 7.98. The number of hydrogen-bond acceptors (Lipinski definition) is 4. The molecule has 0 saturated carbocycles. The summed E-state index contributed by atoms with van der Waals surface area (Å²) in [4.78, 5) is 29.9. The minimum absolute atomic E-state index is 0.432. The molecule has 0 radical (unpaired) electrons. The van der Waals surface area contributed by atoms with Gasteiger partial charge in [0.1, 0.15) is 6.29 Å². The van der Waals surface area contributed by atoms with Crippen LogP contribution in [-0.2, 0) is 9.59 Å². The maximum absolute atomic E-state index is 10.4. The predicted octanol–water partition coefficient (Wildman–Crippen LogP) is -0.544. The average Bonchev–Trinajstić information content (AvgIpc) is 1.88. The molecule has 0 aromatic rings. The third-order valence-electron chi connectivity index (χ3n) is 0.801. The van der Waals surface area contributed by atoms with Gasteiger partial charge in [0.2, 0.25) is 5.91 Å². The lowest BCUT2D eigenvalue weighted by Gasteiger charge is -2.02. The first-order valence-corrected chi connectivity index (χ1v) is 2.74. The Balaban J connectivity index is 3.56. The van der Waals surface area contributed by atoms with Gasteiger partial charge in [0.15, 0.2) is 6.54 Å². The van der Waals surface area contributed by atoms with Crippen LogP contribution in [0, 0.1) is 4.91 Å². The number of hydrogen-bond donors (Lipinski definition) is 1. The van der Waals surface area contributed by atoms with Crippen LogP contribution in [0.15, 0.2) is 5.18 Å². The van der Waals surface area contributed by atoms with Crippen LogP contribution < -0.4 is 5.32 Å². The molecule has 0 aliphatic heterocycles. The number of nitroso groups, excluding NO2 is 1. The molecule has 1 atom stereocenters. The lowest BCUT2D eigenvalue weighted by molar-refractivity contribution is -0.122. The first-order chi connectivity index (χ1) is 4.70. The Kier molecular flexibility index (Phi) is 4.02. The molecule has 5 heteroatoms. The fourth-order valence-electron chi connectivity index (χ4n) is 0.392. The Hall–Kier alpha value is -1.26. The number of aldehydes is 1. The van der Waals surface area contributed by atoms with Crippen molar-refractivity contribution in [3.63, 3.8) is 0 Å². The van der Waals surface area contributed by atoms with E-state index in [0.717, 1.165) is 0 Å². The average molecular weight is 144 g/mol. The van der Waals surface area contributed by atoms with Crippen molar-refractivity contribution in [3.8, 4) is 0 Å². The summed E-state index contributed by atoms with van der Waals surface area (Å²) in [5.41, 5.74) is 0. The summed E-state index contributed by atoms with van der Waals surface area (Å²) in [5.74, 6) is -0.533. The summed E-state index contributed by atoms with van der Waals surface area (Å²) < 4.78 is 0. The number of amides is 1. The number of rotatable bonds is 4. The minimum atomic E-state index is -0.547. The molecule has 0 spiro atoms. The Bertz CT molecular complexity index is 146. The summed E-state index contributed by atoms with van der Waals surface area (Å²) in [6.07, 6.45) is 0.572. The van der Waals surface area contributed by atoms with E-state index >= 15 is 0 Å². The van der Waals surface area contributed by atoms with Gasteiger partial charge in [-0.3, -0.25) is 4.79 Å². The standard InChI is InChI=1S/C5H8N2O3/c1-4(3-8)7-5(9)2-6-10/h3-4H,2H2,1H3,(H,7,9). The van der Waals surface area contributed by atoms with Crippen molar-refractivity contribution < 1.29 is 9.59 Å².